The summed E-state index contributed by atoms with van der Waals surface area (Å²) >= 11 is 0. The Balaban J connectivity index is 1.19. The zero-order chi connectivity index (χ0) is 22.3. The number of ether oxygens (including phenoxy) is 1. The molecule has 32 heavy (non-hydrogen) atoms. The van der Waals surface area contributed by atoms with Crippen LogP contribution >= 0.6 is 0 Å². The Labute approximate surface area is 185 Å². The molecule has 0 unspecified atom stereocenters. The fourth-order valence-corrected chi connectivity index (χ4v) is 3.80. The maximum atomic E-state index is 13.9. The first-order valence-corrected chi connectivity index (χ1v) is 10.7. The lowest BCUT2D eigenvalue weighted by atomic mass is 10.0. The summed E-state index contributed by atoms with van der Waals surface area (Å²) in [5.41, 5.74) is 1.74. The van der Waals surface area contributed by atoms with Gasteiger partial charge in [-0.1, -0.05) is 11.2 Å². The lowest BCUT2D eigenvalue weighted by molar-refractivity contribution is -0.122. The number of nitrogens with one attached hydrogen (secondary N) is 1. The predicted molar refractivity (Wildman–Crippen MR) is 115 cm³/mol. The van der Waals surface area contributed by atoms with Gasteiger partial charge in [0.1, 0.15) is 0 Å². The van der Waals surface area contributed by atoms with Crippen LogP contribution in [0.3, 0.4) is 0 Å². The molecule has 2 aromatic heterocycles. The Morgan fingerprint density at radius 2 is 2.03 bits per heavy atom. The minimum absolute atomic E-state index is 0.0238. The van der Waals surface area contributed by atoms with Gasteiger partial charge in [0.15, 0.2) is 11.6 Å². The molecule has 1 aromatic carbocycles. The third-order valence-electron chi connectivity index (χ3n) is 5.55. The Morgan fingerprint density at radius 1 is 1.25 bits per heavy atom. The first kappa shape index (κ1) is 21.9. The molecule has 1 N–H and O–H groups in total. The van der Waals surface area contributed by atoms with Gasteiger partial charge in [0, 0.05) is 56.5 Å². The smallest absolute Gasteiger partial charge is 0.227 e. The van der Waals surface area contributed by atoms with Crippen molar-refractivity contribution in [2.45, 2.75) is 38.3 Å². The van der Waals surface area contributed by atoms with Gasteiger partial charge in [-0.25, -0.2) is 4.39 Å². The molecule has 1 aliphatic heterocycles. The van der Waals surface area contributed by atoms with E-state index in [9.17, 15) is 9.18 Å². The van der Waals surface area contributed by atoms with Crippen LogP contribution in [0.15, 0.2) is 47.2 Å². The van der Waals surface area contributed by atoms with Crippen LogP contribution in [-0.2, 0) is 17.8 Å². The summed E-state index contributed by atoms with van der Waals surface area (Å²) in [6.07, 6.45) is 5.74. The second-order valence-corrected chi connectivity index (χ2v) is 7.83. The highest BCUT2D eigenvalue weighted by atomic mass is 19.1. The second-order valence-electron chi connectivity index (χ2n) is 7.83. The predicted octanol–water partition coefficient (Wildman–Crippen LogP) is 2.99. The first-order valence-electron chi connectivity index (χ1n) is 10.7. The number of aryl methyl sites for hydroxylation is 1. The van der Waals surface area contributed by atoms with Gasteiger partial charge in [-0.3, -0.25) is 14.7 Å². The van der Waals surface area contributed by atoms with Gasteiger partial charge in [-0.2, -0.15) is 4.98 Å². The molecule has 0 radical (unpaired) electrons. The molecule has 0 bridgehead atoms. The van der Waals surface area contributed by atoms with Gasteiger partial charge in [-0.15, -0.1) is 0 Å². The van der Waals surface area contributed by atoms with Gasteiger partial charge in [-0.05, 0) is 42.7 Å². The quantitative estimate of drug-likeness (QED) is 0.577. The molecule has 0 aliphatic carbocycles. The molecular formula is C23H26FN5O3. The third-order valence-corrected chi connectivity index (χ3v) is 5.55. The minimum atomic E-state index is -0.346. The van der Waals surface area contributed by atoms with E-state index in [0.717, 1.165) is 37.1 Å². The van der Waals surface area contributed by atoms with Crippen LogP contribution in [0.1, 0.15) is 30.7 Å². The molecule has 8 nitrogen and oxygen atoms in total. The third kappa shape index (κ3) is 5.67. The number of benzene rings is 1. The van der Waals surface area contributed by atoms with Crippen LogP contribution in [-0.4, -0.2) is 52.2 Å². The number of methoxy groups -OCH3 is 1. The van der Waals surface area contributed by atoms with E-state index >= 15 is 0 Å². The molecule has 3 heterocycles. The molecule has 1 amide bonds. The van der Waals surface area contributed by atoms with Crippen molar-refractivity contribution in [3.63, 3.8) is 0 Å². The van der Waals surface area contributed by atoms with Gasteiger partial charge in [0.05, 0.1) is 7.11 Å². The number of carbonyl (C=O) groups excluding carboxylic acids is 1. The SMILES string of the molecule is COc1ccc(CN2CCC(NC(=O)CCc3nc(-c4ccncc4)no3)CC2)cc1F. The summed E-state index contributed by atoms with van der Waals surface area (Å²) in [6, 6.07) is 8.80. The van der Waals surface area contributed by atoms with Crippen molar-refractivity contribution in [2.75, 3.05) is 20.2 Å². The van der Waals surface area contributed by atoms with Gasteiger partial charge >= 0.3 is 0 Å². The lowest BCUT2D eigenvalue weighted by Gasteiger charge is -2.32. The fraction of sp³-hybridized carbons (Fsp3) is 0.391. The molecule has 1 aliphatic rings. The number of pyridine rings is 1. The van der Waals surface area contributed by atoms with Crippen molar-refractivity contribution < 1.29 is 18.4 Å². The average Bonchev–Trinajstić information content (AvgIpc) is 3.29. The lowest BCUT2D eigenvalue weighted by Crippen LogP contribution is -2.44. The van der Waals surface area contributed by atoms with Crippen LogP contribution in [0.4, 0.5) is 4.39 Å². The van der Waals surface area contributed by atoms with Crippen molar-refractivity contribution in [2.24, 2.45) is 0 Å². The van der Waals surface area contributed by atoms with Crippen molar-refractivity contribution in [1.29, 1.82) is 0 Å². The molecule has 3 aromatic rings. The Kier molecular flexibility index (Phi) is 7.06. The monoisotopic (exact) mass is 439 g/mol. The summed E-state index contributed by atoms with van der Waals surface area (Å²) in [6.45, 7) is 2.37. The van der Waals surface area contributed by atoms with E-state index in [1.165, 1.54) is 13.2 Å². The number of amides is 1. The van der Waals surface area contributed by atoms with Crippen LogP contribution in [0.25, 0.3) is 11.4 Å². The molecular weight excluding hydrogens is 413 g/mol. The Bertz CT molecular complexity index is 1040. The molecule has 1 fully saturated rings. The summed E-state index contributed by atoms with van der Waals surface area (Å²) < 4.78 is 24.1. The largest absolute Gasteiger partial charge is 0.494 e. The van der Waals surface area contributed by atoms with Crippen molar-refractivity contribution >= 4 is 5.91 Å². The van der Waals surface area contributed by atoms with E-state index in [4.69, 9.17) is 9.26 Å². The van der Waals surface area contributed by atoms with E-state index < -0.39 is 0 Å². The van der Waals surface area contributed by atoms with Crippen LogP contribution in [0.5, 0.6) is 5.75 Å². The first-order chi connectivity index (χ1) is 15.6. The molecule has 1 saturated heterocycles. The number of piperidine rings is 1. The number of hydrogen-bond acceptors (Lipinski definition) is 7. The standard InChI is InChI=1S/C23H26FN5O3/c1-31-20-3-2-16(14-19(20)24)15-29-12-8-18(9-13-29)26-21(30)4-5-22-27-23(28-32-22)17-6-10-25-11-7-17/h2-3,6-7,10-11,14,18H,4-5,8-9,12-13,15H2,1H3,(H,26,30). The zero-order valence-corrected chi connectivity index (χ0v) is 18.0. The number of halogens is 1. The number of hydrogen-bond donors (Lipinski definition) is 1. The van der Waals surface area contributed by atoms with Gasteiger partial charge < -0.3 is 14.6 Å². The van der Waals surface area contributed by atoms with Crippen LogP contribution in [0.2, 0.25) is 0 Å². The van der Waals surface area contributed by atoms with E-state index in [1.54, 1.807) is 30.6 Å². The molecule has 0 saturated carbocycles. The van der Waals surface area contributed by atoms with E-state index in [1.807, 2.05) is 6.07 Å². The van der Waals surface area contributed by atoms with Gasteiger partial charge in [0.2, 0.25) is 17.6 Å². The number of carbonyl (C=O) groups is 1. The van der Waals surface area contributed by atoms with Crippen molar-refractivity contribution in [1.82, 2.24) is 25.3 Å². The highest BCUT2D eigenvalue weighted by Crippen LogP contribution is 2.20. The maximum absolute atomic E-state index is 13.9. The highest BCUT2D eigenvalue weighted by Gasteiger charge is 2.21. The molecule has 9 heteroatoms. The summed E-state index contributed by atoms with van der Waals surface area (Å²) in [5, 5.41) is 7.05. The van der Waals surface area contributed by atoms with Crippen LogP contribution < -0.4 is 10.1 Å². The van der Waals surface area contributed by atoms with E-state index in [2.05, 4.69) is 25.3 Å². The molecule has 0 spiro atoms. The number of aromatic nitrogens is 3. The second kappa shape index (κ2) is 10.3. The molecule has 168 valence electrons. The molecule has 0 atom stereocenters. The average molecular weight is 439 g/mol. The van der Waals surface area contributed by atoms with Crippen LogP contribution in [0, 0.1) is 5.82 Å². The fourth-order valence-electron chi connectivity index (χ4n) is 3.80. The highest BCUT2D eigenvalue weighted by molar-refractivity contribution is 5.76. The summed E-state index contributed by atoms with van der Waals surface area (Å²) in [4.78, 5) is 22.9. The Morgan fingerprint density at radius 3 is 2.75 bits per heavy atom. The maximum Gasteiger partial charge on any atom is 0.227 e. The topological polar surface area (TPSA) is 93.4 Å². The van der Waals surface area contributed by atoms with E-state index in [0.29, 0.717) is 31.1 Å². The normalized spacial score (nSPS) is 14.9. The number of rotatable bonds is 8. The number of nitrogens with zero attached hydrogens (tertiary/aromatic N) is 4. The summed E-state index contributed by atoms with van der Waals surface area (Å²) in [7, 11) is 1.46. The van der Waals surface area contributed by atoms with E-state index in [-0.39, 0.29) is 23.5 Å². The summed E-state index contributed by atoms with van der Waals surface area (Å²) in [5.74, 6) is 0.815. The Hall–Kier alpha value is -3.33. The number of likely N-dealkylation sites (tertiary alicyclic amines) is 1. The van der Waals surface area contributed by atoms with Gasteiger partial charge in [0.25, 0.3) is 0 Å². The van der Waals surface area contributed by atoms with Crippen molar-refractivity contribution in [3.8, 4) is 17.1 Å². The zero-order valence-electron chi connectivity index (χ0n) is 18.0. The minimum Gasteiger partial charge on any atom is -0.494 e. The van der Waals surface area contributed by atoms with Crippen molar-refractivity contribution in [3.05, 3.63) is 60.0 Å². The molecule has 4 rings (SSSR count).